The van der Waals surface area contributed by atoms with Gasteiger partial charge in [0.1, 0.15) is 0 Å². The number of hydrogen-bond donors (Lipinski definition) is 1. The Kier molecular flexibility index (Phi) is 8.76. The highest BCUT2D eigenvalue weighted by Crippen LogP contribution is 2.07. The number of unbranched alkanes of at least 4 members (excludes halogenated alkanes) is 6. The summed E-state index contributed by atoms with van der Waals surface area (Å²) >= 11 is 4.18. The topological polar surface area (TPSA) is 46.5 Å². The van der Waals surface area contributed by atoms with E-state index in [1.54, 1.807) is 0 Å². The summed E-state index contributed by atoms with van der Waals surface area (Å²) in [6.07, 6.45) is 8.13. The highest BCUT2D eigenvalue weighted by atomic mass is 32.9. The SMILES string of the molecule is CCCCCCCCCOS(=O)(O)=S. The predicted octanol–water partition coefficient (Wildman–Crippen LogP) is 2.89. The summed E-state index contributed by atoms with van der Waals surface area (Å²) in [5.74, 6) is 0. The third-order valence-corrected chi connectivity index (χ3v) is 2.73. The van der Waals surface area contributed by atoms with Crippen LogP contribution in [-0.4, -0.2) is 15.4 Å². The van der Waals surface area contributed by atoms with Crippen molar-refractivity contribution in [3.8, 4) is 0 Å². The summed E-state index contributed by atoms with van der Waals surface area (Å²) in [7, 11) is -3.39. The van der Waals surface area contributed by atoms with Crippen LogP contribution < -0.4 is 0 Å². The summed E-state index contributed by atoms with van der Waals surface area (Å²) in [6.45, 7) is 2.49. The lowest BCUT2D eigenvalue weighted by Gasteiger charge is -2.02. The Labute approximate surface area is 91.9 Å². The van der Waals surface area contributed by atoms with Crippen LogP contribution in [0, 0.1) is 0 Å². The maximum atomic E-state index is 10.5. The summed E-state index contributed by atoms with van der Waals surface area (Å²) in [4.78, 5) is 0. The van der Waals surface area contributed by atoms with Crippen LogP contribution >= 0.6 is 0 Å². The molecule has 1 N–H and O–H groups in total. The van der Waals surface area contributed by atoms with Crippen molar-refractivity contribution in [2.75, 3.05) is 6.61 Å². The van der Waals surface area contributed by atoms with Gasteiger partial charge in [0.15, 0.2) is 0 Å². The van der Waals surface area contributed by atoms with Crippen molar-refractivity contribution in [3.63, 3.8) is 0 Å². The van der Waals surface area contributed by atoms with Crippen molar-refractivity contribution >= 4 is 20.2 Å². The third kappa shape index (κ3) is 12.3. The molecule has 0 radical (unpaired) electrons. The van der Waals surface area contributed by atoms with E-state index in [2.05, 4.69) is 22.3 Å². The van der Waals surface area contributed by atoms with Gasteiger partial charge in [0.2, 0.25) is 0 Å². The highest BCUT2D eigenvalue weighted by Gasteiger charge is 1.98. The van der Waals surface area contributed by atoms with Crippen LogP contribution in [0.2, 0.25) is 0 Å². The first-order valence-electron chi connectivity index (χ1n) is 5.18. The van der Waals surface area contributed by atoms with Gasteiger partial charge in [-0.05, 0) is 6.42 Å². The fourth-order valence-electron chi connectivity index (χ4n) is 1.22. The molecule has 14 heavy (non-hydrogen) atoms. The molecule has 0 heterocycles. The molecule has 0 aromatic heterocycles. The summed E-state index contributed by atoms with van der Waals surface area (Å²) in [6, 6.07) is 0. The molecular formula is C9H20O3S2. The van der Waals surface area contributed by atoms with Gasteiger partial charge in [0.05, 0.1) is 6.61 Å². The Morgan fingerprint density at radius 3 is 2.14 bits per heavy atom. The quantitative estimate of drug-likeness (QED) is 0.629. The lowest BCUT2D eigenvalue weighted by molar-refractivity contribution is 0.294. The van der Waals surface area contributed by atoms with Crippen LogP contribution in [0.1, 0.15) is 51.9 Å². The zero-order valence-corrected chi connectivity index (χ0v) is 10.4. The highest BCUT2D eigenvalue weighted by molar-refractivity contribution is 8.27. The van der Waals surface area contributed by atoms with Crippen LogP contribution in [0.15, 0.2) is 0 Å². The van der Waals surface area contributed by atoms with E-state index in [0.717, 1.165) is 12.8 Å². The van der Waals surface area contributed by atoms with Gasteiger partial charge in [-0.15, -0.1) is 0 Å². The molecule has 0 saturated heterocycles. The minimum atomic E-state index is -3.39. The van der Waals surface area contributed by atoms with Crippen molar-refractivity contribution in [3.05, 3.63) is 0 Å². The molecule has 0 aliphatic rings. The third-order valence-electron chi connectivity index (χ3n) is 1.98. The number of rotatable bonds is 9. The van der Waals surface area contributed by atoms with Gasteiger partial charge in [0, 0.05) is 11.2 Å². The maximum Gasteiger partial charge on any atom is 0.266 e. The molecule has 0 aliphatic carbocycles. The predicted molar refractivity (Wildman–Crippen MR) is 62.1 cm³/mol. The van der Waals surface area contributed by atoms with E-state index in [1.165, 1.54) is 32.1 Å². The minimum Gasteiger partial charge on any atom is -0.285 e. The van der Waals surface area contributed by atoms with Crippen molar-refractivity contribution < 1.29 is 12.9 Å². The van der Waals surface area contributed by atoms with Crippen LogP contribution in [0.4, 0.5) is 0 Å². The smallest absolute Gasteiger partial charge is 0.266 e. The van der Waals surface area contributed by atoms with Gasteiger partial charge >= 0.3 is 0 Å². The molecule has 0 saturated carbocycles. The molecule has 1 unspecified atom stereocenters. The standard InChI is InChI=1S/C9H20O3S2/c1-2-3-4-5-6-7-8-9-12-14(10,11)13/h2-9H2,1H3,(H,10,11,13). The second-order valence-electron chi connectivity index (χ2n) is 3.37. The summed E-state index contributed by atoms with van der Waals surface area (Å²) < 4.78 is 23.7. The van der Waals surface area contributed by atoms with Crippen LogP contribution in [0.5, 0.6) is 0 Å². The zero-order valence-electron chi connectivity index (χ0n) is 8.74. The van der Waals surface area contributed by atoms with Crippen molar-refractivity contribution in [1.82, 2.24) is 0 Å². The van der Waals surface area contributed by atoms with E-state index in [1.807, 2.05) is 0 Å². The van der Waals surface area contributed by atoms with Gasteiger partial charge in [0.25, 0.3) is 9.05 Å². The fourth-order valence-corrected chi connectivity index (χ4v) is 1.76. The Hall–Kier alpha value is 0.290. The molecule has 1 atom stereocenters. The molecular weight excluding hydrogens is 220 g/mol. The van der Waals surface area contributed by atoms with E-state index in [4.69, 9.17) is 4.55 Å². The Bertz CT molecular complexity index is 212. The van der Waals surface area contributed by atoms with E-state index >= 15 is 0 Å². The summed E-state index contributed by atoms with van der Waals surface area (Å²) in [5, 5.41) is 0. The van der Waals surface area contributed by atoms with Crippen LogP contribution in [0.3, 0.4) is 0 Å². The van der Waals surface area contributed by atoms with Gasteiger partial charge < -0.3 is 0 Å². The van der Waals surface area contributed by atoms with Gasteiger partial charge in [-0.2, -0.15) is 4.21 Å². The largest absolute Gasteiger partial charge is 0.285 e. The maximum absolute atomic E-state index is 10.5. The number of hydrogen-bond acceptors (Lipinski definition) is 3. The molecule has 3 nitrogen and oxygen atoms in total. The van der Waals surface area contributed by atoms with E-state index in [9.17, 15) is 4.21 Å². The van der Waals surface area contributed by atoms with Gasteiger partial charge in [-0.1, -0.05) is 45.4 Å². The lowest BCUT2D eigenvalue weighted by atomic mass is 10.1. The molecule has 0 spiro atoms. The van der Waals surface area contributed by atoms with E-state index in [-0.39, 0.29) is 0 Å². The van der Waals surface area contributed by atoms with Crippen LogP contribution in [-0.2, 0) is 24.4 Å². The Morgan fingerprint density at radius 2 is 1.64 bits per heavy atom. The second kappa shape index (κ2) is 8.59. The van der Waals surface area contributed by atoms with Crippen molar-refractivity contribution in [2.24, 2.45) is 0 Å². The normalized spacial score (nSPS) is 15.3. The monoisotopic (exact) mass is 240 g/mol. The average Bonchev–Trinajstić information content (AvgIpc) is 2.08. The van der Waals surface area contributed by atoms with Crippen molar-refractivity contribution in [2.45, 2.75) is 51.9 Å². The molecule has 0 rings (SSSR count). The molecule has 0 aromatic carbocycles. The van der Waals surface area contributed by atoms with Gasteiger partial charge in [-0.3, -0.25) is 8.74 Å². The van der Waals surface area contributed by atoms with Crippen LogP contribution in [0.25, 0.3) is 0 Å². The lowest BCUT2D eigenvalue weighted by Crippen LogP contribution is -2.03. The molecule has 0 fully saturated rings. The fraction of sp³-hybridized carbons (Fsp3) is 1.00. The average molecular weight is 240 g/mol. The van der Waals surface area contributed by atoms with Gasteiger partial charge in [-0.25, -0.2) is 0 Å². The molecule has 0 aliphatic heterocycles. The molecule has 0 bridgehead atoms. The summed E-state index contributed by atoms with van der Waals surface area (Å²) in [5.41, 5.74) is 0. The molecule has 5 heteroatoms. The molecule has 0 aromatic rings. The van der Waals surface area contributed by atoms with E-state index in [0.29, 0.717) is 6.61 Å². The molecule has 86 valence electrons. The molecule has 0 amide bonds. The second-order valence-corrected chi connectivity index (χ2v) is 5.73. The minimum absolute atomic E-state index is 0.298. The Balaban J connectivity index is 3.07. The first-order valence-corrected chi connectivity index (χ1v) is 7.54. The zero-order chi connectivity index (χ0) is 10.9. The first-order chi connectivity index (χ1) is 6.56. The first kappa shape index (κ1) is 14.3. The van der Waals surface area contributed by atoms with Crippen molar-refractivity contribution in [1.29, 1.82) is 0 Å². The van der Waals surface area contributed by atoms with E-state index < -0.39 is 9.05 Å². The Morgan fingerprint density at radius 1 is 1.14 bits per heavy atom.